The second-order valence-corrected chi connectivity index (χ2v) is 2.83. The van der Waals surface area contributed by atoms with E-state index >= 15 is 0 Å². The van der Waals surface area contributed by atoms with Gasteiger partial charge in [0.2, 0.25) is 0 Å². The number of hydrogen-bond donors (Lipinski definition) is 2. The monoisotopic (exact) mass is 195 g/mol. The Labute approximate surface area is 77.6 Å². The average Bonchev–Trinajstić information content (AvgIpc) is 2.30. The third-order valence-electron chi connectivity index (χ3n) is 2.07. The van der Waals surface area contributed by atoms with Gasteiger partial charge in [0.15, 0.2) is 0 Å². The van der Waals surface area contributed by atoms with E-state index in [2.05, 4.69) is 0 Å². The second-order valence-electron chi connectivity index (χ2n) is 2.83. The molecule has 1 fully saturated rings. The molecule has 0 aromatic rings. The van der Waals surface area contributed by atoms with Crippen LogP contribution in [0.4, 0.5) is 0 Å². The summed E-state index contributed by atoms with van der Waals surface area (Å²) in [5.74, 6) is -0.830. The highest BCUT2D eigenvalue weighted by atomic mass is 35.5. The Bertz CT molecular complexity index is 165. The van der Waals surface area contributed by atoms with Crippen LogP contribution in [0.2, 0.25) is 0 Å². The quantitative estimate of drug-likeness (QED) is 0.649. The highest BCUT2D eigenvalue weighted by molar-refractivity contribution is 5.85. The molecule has 72 valence electrons. The first kappa shape index (κ1) is 11.7. The Kier molecular flexibility index (Phi) is 4.52. The Morgan fingerprint density at radius 1 is 1.67 bits per heavy atom. The first-order valence-corrected chi connectivity index (χ1v) is 3.80. The van der Waals surface area contributed by atoms with Crippen LogP contribution in [0.5, 0.6) is 0 Å². The molecule has 0 amide bonds. The number of carboxylic acids is 1. The lowest BCUT2D eigenvalue weighted by molar-refractivity contribution is -0.142. The van der Waals surface area contributed by atoms with Gasteiger partial charge < -0.3 is 10.2 Å². The zero-order chi connectivity index (χ0) is 8.43. The van der Waals surface area contributed by atoms with E-state index in [-0.39, 0.29) is 12.4 Å². The highest BCUT2D eigenvalue weighted by Crippen LogP contribution is 2.16. The molecule has 0 aliphatic carbocycles. The molecule has 4 nitrogen and oxygen atoms in total. The topological polar surface area (TPSA) is 60.8 Å². The summed E-state index contributed by atoms with van der Waals surface area (Å²) in [6, 6.07) is -0.477. The van der Waals surface area contributed by atoms with E-state index in [4.69, 9.17) is 10.2 Å². The van der Waals surface area contributed by atoms with Gasteiger partial charge >= 0.3 is 5.97 Å². The lowest BCUT2D eigenvalue weighted by Gasteiger charge is -2.17. The molecule has 1 aliphatic rings. The summed E-state index contributed by atoms with van der Waals surface area (Å²) < 4.78 is 0. The zero-order valence-corrected chi connectivity index (χ0v) is 7.75. The van der Waals surface area contributed by atoms with Gasteiger partial charge in [0.25, 0.3) is 0 Å². The van der Waals surface area contributed by atoms with Crippen molar-refractivity contribution in [2.45, 2.75) is 25.5 Å². The smallest absolute Gasteiger partial charge is 0.321 e. The van der Waals surface area contributed by atoms with Crippen LogP contribution >= 0.6 is 12.4 Å². The fraction of sp³-hybridized carbons (Fsp3) is 0.857. The Balaban J connectivity index is 0.00000121. The van der Waals surface area contributed by atoms with Crippen LogP contribution in [0, 0.1) is 0 Å². The number of carbonyl (C=O) groups is 1. The predicted molar refractivity (Wildman–Crippen MR) is 46.5 cm³/mol. The van der Waals surface area contributed by atoms with Gasteiger partial charge in [-0.3, -0.25) is 9.69 Å². The molecule has 2 atom stereocenters. The molecular formula is C7H14ClNO3. The van der Waals surface area contributed by atoms with Crippen molar-refractivity contribution in [3.8, 4) is 0 Å². The molecule has 0 spiro atoms. The van der Waals surface area contributed by atoms with Gasteiger partial charge in [0.05, 0.1) is 6.10 Å². The SMILES string of the molecule is CCN1C[C@H](O)C[C@H]1C(=O)O.Cl. The molecule has 0 aromatic carbocycles. The fourth-order valence-electron chi connectivity index (χ4n) is 1.49. The molecule has 1 heterocycles. The number of aliphatic carboxylic acids is 1. The maximum Gasteiger partial charge on any atom is 0.321 e. The lowest BCUT2D eigenvalue weighted by atomic mass is 10.2. The number of rotatable bonds is 2. The molecule has 0 aromatic heterocycles. The number of likely N-dealkylation sites (N-methyl/N-ethyl adjacent to an activating group) is 1. The fourth-order valence-corrected chi connectivity index (χ4v) is 1.49. The molecule has 5 heteroatoms. The number of β-amino-alcohol motifs (C(OH)–C–C–N with tert-alkyl or cyclic N) is 1. The van der Waals surface area contributed by atoms with E-state index in [0.717, 1.165) is 0 Å². The standard InChI is InChI=1S/C7H13NO3.ClH/c1-2-8-4-5(9)3-6(8)7(10)11;/h5-6,9H,2-4H2,1H3,(H,10,11);1H/t5-,6+;/m1./s1. The maximum atomic E-state index is 10.6. The van der Waals surface area contributed by atoms with E-state index < -0.39 is 18.1 Å². The van der Waals surface area contributed by atoms with Crippen molar-refractivity contribution in [2.75, 3.05) is 13.1 Å². The van der Waals surface area contributed by atoms with E-state index in [1.807, 2.05) is 6.92 Å². The Morgan fingerprint density at radius 2 is 2.25 bits per heavy atom. The second kappa shape index (κ2) is 4.64. The summed E-state index contributed by atoms with van der Waals surface area (Å²) in [5, 5.41) is 17.8. The number of nitrogens with zero attached hydrogens (tertiary/aromatic N) is 1. The van der Waals surface area contributed by atoms with Crippen LogP contribution in [0.25, 0.3) is 0 Å². The molecule has 0 radical (unpaired) electrons. The van der Waals surface area contributed by atoms with Crippen molar-refractivity contribution in [3.05, 3.63) is 0 Å². The largest absolute Gasteiger partial charge is 0.480 e. The minimum absolute atomic E-state index is 0. The predicted octanol–water partition coefficient (Wildman–Crippen LogP) is -0.0521. The van der Waals surface area contributed by atoms with Crippen molar-refractivity contribution in [1.29, 1.82) is 0 Å². The van der Waals surface area contributed by atoms with Gasteiger partial charge in [-0.15, -0.1) is 12.4 Å². The molecular weight excluding hydrogens is 182 g/mol. The third-order valence-corrected chi connectivity index (χ3v) is 2.07. The van der Waals surface area contributed by atoms with Crippen molar-refractivity contribution < 1.29 is 15.0 Å². The highest BCUT2D eigenvalue weighted by Gasteiger charge is 2.34. The minimum atomic E-state index is -0.830. The first-order chi connectivity index (χ1) is 5.15. The summed E-state index contributed by atoms with van der Waals surface area (Å²) in [4.78, 5) is 12.3. The number of aliphatic hydroxyl groups excluding tert-OH is 1. The van der Waals surface area contributed by atoms with Gasteiger partial charge in [-0.2, -0.15) is 0 Å². The summed E-state index contributed by atoms with van der Waals surface area (Å²) in [6.45, 7) is 3.08. The van der Waals surface area contributed by atoms with Gasteiger partial charge in [0, 0.05) is 13.0 Å². The number of aliphatic hydroxyl groups is 1. The molecule has 2 N–H and O–H groups in total. The van der Waals surface area contributed by atoms with E-state index in [1.54, 1.807) is 4.90 Å². The number of hydrogen-bond acceptors (Lipinski definition) is 3. The van der Waals surface area contributed by atoms with Crippen molar-refractivity contribution >= 4 is 18.4 Å². The van der Waals surface area contributed by atoms with Crippen LogP contribution in [0.15, 0.2) is 0 Å². The van der Waals surface area contributed by atoms with E-state index in [9.17, 15) is 4.79 Å². The van der Waals surface area contributed by atoms with E-state index in [0.29, 0.717) is 19.5 Å². The summed E-state index contributed by atoms with van der Waals surface area (Å²) in [7, 11) is 0. The Morgan fingerprint density at radius 3 is 2.58 bits per heavy atom. The van der Waals surface area contributed by atoms with Crippen LogP contribution in [0.3, 0.4) is 0 Å². The third kappa shape index (κ3) is 2.33. The van der Waals surface area contributed by atoms with Gasteiger partial charge in [-0.1, -0.05) is 6.92 Å². The van der Waals surface area contributed by atoms with Crippen LogP contribution < -0.4 is 0 Å². The van der Waals surface area contributed by atoms with Crippen LogP contribution in [-0.2, 0) is 4.79 Å². The molecule has 12 heavy (non-hydrogen) atoms. The lowest BCUT2D eigenvalue weighted by Crippen LogP contribution is -2.35. The minimum Gasteiger partial charge on any atom is -0.480 e. The summed E-state index contributed by atoms with van der Waals surface area (Å²) in [6.07, 6.45) is -0.0977. The van der Waals surface area contributed by atoms with Gasteiger partial charge in [0.1, 0.15) is 6.04 Å². The first-order valence-electron chi connectivity index (χ1n) is 3.80. The molecule has 0 saturated carbocycles. The molecule has 1 rings (SSSR count). The number of carboxylic acid groups (broad SMARTS) is 1. The Hall–Kier alpha value is -0.320. The van der Waals surface area contributed by atoms with Crippen molar-refractivity contribution in [1.82, 2.24) is 4.90 Å². The maximum absolute atomic E-state index is 10.6. The summed E-state index contributed by atoms with van der Waals surface area (Å²) in [5.41, 5.74) is 0. The summed E-state index contributed by atoms with van der Waals surface area (Å²) >= 11 is 0. The molecule has 1 saturated heterocycles. The zero-order valence-electron chi connectivity index (χ0n) is 6.93. The number of halogens is 1. The van der Waals surface area contributed by atoms with Gasteiger partial charge in [-0.05, 0) is 6.54 Å². The molecule has 1 aliphatic heterocycles. The number of likely N-dealkylation sites (tertiary alicyclic amines) is 1. The van der Waals surface area contributed by atoms with Crippen molar-refractivity contribution in [3.63, 3.8) is 0 Å². The molecule has 0 bridgehead atoms. The molecule has 0 unspecified atom stereocenters. The van der Waals surface area contributed by atoms with E-state index in [1.165, 1.54) is 0 Å². The van der Waals surface area contributed by atoms with Crippen molar-refractivity contribution in [2.24, 2.45) is 0 Å². The van der Waals surface area contributed by atoms with Gasteiger partial charge in [-0.25, -0.2) is 0 Å². The van der Waals surface area contributed by atoms with Crippen LogP contribution in [0.1, 0.15) is 13.3 Å². The normalized spacial score (nSPS) is 29.8. The average molecular weight is 196 g/mol. The van der Waals surface area contributed by atoms with Crippen LogP contribution in [-0.4, -0.2) is 46.3 Å².